The molecule has 0 aromatic heterocycles. The number of halogens is 1. The van der Waals surface area contributed by atoms with Gasteiger partial charge >= 0.3 is 0 Å². The summed E-state index contributed by atoms with van der Waals surface area (Å²) in [6.07, 6.45) is 2.37. The van der Waals surface area contributed by atoms with Crippen LogP contribution in [0.15, 0.2) is 54.6 Å². The topological polar surface area (TPSA) is 61.4 Å². The van der Waals surface area contributed by atoms with Gasteiger partial charge in [-0.05, 0) is 62.7 Å². The standard InChI is InChI=1S/C22H26ClN3O2/c1-16(25-22(28)18-9-11-19(23)12-10-18)21(27)24-15-20(26-13-5-6-14-26)17-7-3-2-4-8-17/h2-4,7-12,16,20H,5-6,13-15H2,1H3,(H,24,27)(H,25,28). The Morgan fingerprint density at radius 3 is 2.32 bits per heavy atom. The molecule has 6 heteroatoms. The van der Waals surface area contributed by atoms with Crippen LogP contribution in [0.2, 0.25) is 5.02 Å². The van der Waals surface area contributed by atoms with Gasteiger partial charge in [0.1, 0.15) is 6.04 Å². The normalized spacial score (nSPS) is 16.4. The van der Waals surface area contributed by atoms with Crippen molar-refractivity contribution in [2.75, 3.05) is 19.6 Å². The Balaban J connectivity index is 1.57. The second-order valence-electron chi connectivity index (χ2n) is 7.12. The first-order valence-corrected chi connectivity index (χ1v) is 10.1. The molecule has 28 heavy (non-hydrogen) atoms. The van der Waals surface area contributed by atoms with Crippen LogP contribution in [0.4, 0.5) is 0 Å². The zero-order valence-electron chi connectivity index (χ0n) is 16.0. The number of benzene rings is 2. The molecule has 2 amide bonds. The second kappa shape index (κ2) is 9.71. The molecule has 1 aliphatic rings. The molecule has 2 unspecified atom stereocenters. The molecule has 1 heterocycles. The van der Waals surface area contributed by atoms with E-state index in [1.165, 1.54) is 18.4 Å². The Hall–Kier alpha value is -2.37. The molecular weight excluding hydrogens is 374 g/mol. The van der Waals surface area contributed by atoms with E-state index in [2.05, 4.69) is 27.7 Å². The van der Waals surface area contributed by atoms with E-state index in [0.29, 0.717) is 17.1 Å². The summed E-state index contributed by atoms with van der Waals surface area (Å²) in [7, 11) is 0. The lowest BCUT2D eigenvalue weighted by atomic mass is 10.1. The summed E-state index contributed by atoms with van der Waals surface area (Å²) >= 11 is 5.85. The first-order valence-electron chi connectivity index (χ1n) is 9.68. The molecule has 5 nitrogen and oxygen atoms in total. The van der Waals surface area contributed by atoms with Crippen molar-refractivity contribution in [2.24, 2.45) is 0 Å². The highest BCUT2D eigenvalue weighted by atomic mass is 35.5. The fourth-order valence-electron chi connectivity index (χ4n) is 3.48. The van der Waals surface area contributed by atoms with Crippen molar-refractivity contribution in [2.45, 2.75) is 31.8 Å². The van der Waals surface area contributed by atoms with Gasteiger partial charge in [0.15, 0.2) is 0 Å². The van der Waals surface area contributed by atoms with E-state index in [-0.39, 0.29) is 17.9 Å². The fraction of sp³-hybridized carbons (Fsp3) is 0.364. The Morgan fingerprint density at radius 2 is 1.68 bits per heavy atom. The number of carbonyl (C=O) groups is 2. The van der Waals surface area contributed by atoms with Crippen molar-refractivity contribution in [3.63, 3.8) is 0 Å². The summed E-state index contributed by atoms with van der Waals surface area (Å²) in [5.74, 6) is -0.485. The van der Waals surface area contributed by atoms with Crippen molar-refractivity contribution in [1.29, 1.82) is 0 Å². The lowest BCUT2D eigenvalue weighted by Crippen LogP contribution is -2.47. The molecule has 2 N–H and O–H groups in total. The number of rotatable bonds is 7. The highest BCUT2D eigenvalue weighted by molar-refractivity contribution is 6.30. The van der Waals surface area contributed by atoms with Crippen LogP contribution in [0.3, 0.4) is 0 Å². The van der Waals surface area contributed by atoms with E-state index in [0.717, 1.165) is 13.1 Å². The van der Waals surface area contributed by atoms with Gasteiger partial charge in [0, 0.05) is 17.1 Å². The van der Waals surface area contributed by atoms with Gasteiger partial charge in [0.25, 0.3) is 5.91 Å². The van der Waals surface area contributed by atoms with Crippen LogP contribution in [-0.4, -0.2) is 42.4 Å². The third-order valence-electron chi connectivity index (χ3n) is 5.08. The third-order valence-corrected chi connectivity index (χ3v) is 5.33. The van der Waals surface area contributed by atoms with E-state index >= 15 is 0 Å². The Labute approximate surface area is 171 Å². The maximum absolute atomic E-state index is 12.5. The summed E-state index contributed by atoms with van der Waals surface area (Å²) in [4.78, 5) is 27.3. The summed E-state index contributed by atoms with van der Waals surface area (Å²) in [5.41, 5.74) is 1.67. The summed E-state index contributed by atoms with van der Waals surface area (Å²) in [6, 6.07) is 16.3. The summed E-state index contributed by atoms with van der Waals surface area (Å²) in [6.45, 7) is 4.29. The van der Waals surface area contributed by atoms with Crippen LogP contribution in [0.5, 0.6) is 0 Å². The fourth-order valence-corrected chi connectivity index (χ4v) is 3.61. The maximum Gasteiger partial charge on any atom is 0.251 e. The van der Waals surface area contributed by atoms with E-state index in [1.54, 1.807) is 31.2 Å². The second-order valence-corrected chi connectivity index (χ2v) is 7.55. The first-order chi connectivity index (χ1) is 13.5. The van der Waals surface area contributed by atoms with Crippen molar-refractivity contribution in [3.8, 4) is 0 Å². The molecule has 2 atom stereocenters. The lowest BCUT2D eigenvalue weighted by Gasteiger charge is -2.28. The van der Waals surface area contributed by atoms with Gasteiger partial charge < -0.3 is 10.6 Å². The number of carbonyl (C=O) groups excluding carboxylic acids is 2. The van der Waals surface area contributed by atoms with Crippen molar-refractivity contribution in [1.82, 2.24) is 15.5 Å². The zero-order valence-corrected chi connectivity index (χ0v) is 16.8. The van der Waals surface area contributed by atoms with Gasteiger partial charge in [-0.15, -0.1) is 0 Å². The van der Waals surface area contributed by atoms with Crippen LogP contribution < -0.4 is 10.6 Å². The van der Waals surface area contributed by atoms with Crippen molar-refractivity contribution < 1.29 is 9.59 Å². The number of nitrogens with one attached hydrogen (secondary N) is 2. The molecule has 148 valence electrons. The number of likely N-dealkylation sites (tertiary alicyclic amines) is 1. The molecule has 0 saturated carbocycles. The van der Waals surface area contributed by atoms with Crippen LogP contribution in [0.1, 0.15) is 41.7 Å². The maximum atomic E-state index is 12.5. The predicted octanol–water partition coefficient (Wildman–Crippen LogP) is 3.41. The summed E-state index contributed by atoms with van der Waals surface area (Å²) < 4.78 is 0. The van der Waals surface area contributed by atoms with Gasteiger partial charge in [-0.2, -0.15) is 0 Å². The molecule has 2 aromatic carbocycles. The van der Waals surface area contributed by atoms with Crippen LogP contribution in [-0.2, 0) is 4.79 Å². The van der Waals surface area contributed by atoms with Crippen molar-refractivity contribution in [3.05, 3.63) is 70.7 Å². The molecule has 0 aliphatic carbocycles. The minimum atomic E-state index is -0.627. The van der Waals surface area contributed by atoms with E-state index in [4.69, 9.17) is 11.6 Å². The Bertz CT molecular complexity index is 789. The van der Waals surface area contributed by atoms with Gasteiger partial charge in [0.05, 0.1) is 6.04 Å². The highest BCUT2D eigenvalue weighted by Gasteiger charge is 2.25. The molecular formula is C22H26ClN3O2. The molecule has 0 bridgehead atoms. The Morgan fingerprint density at radius 1 is 1.04 bits per heavy atom. The molecule has 0 radical (unpaired) electrons. The van der Waals surface area contributed by atoms with E-state index < -0.39 is 6.04 Å². The van der Waals surface area contributed by atoms with Gasteiger partial charge in [-0.3, -0.25) is 14.5 Å². The molecule has 1 aliphatic heterocycles. The quantitative estimate of drug-likeness (QED) is 0.750. The van der Waals surface area contributed by atoms with Gasteiger partial charge in [-0.1, -0.05) is 41.9 Å². The van der Waals surface area contributed by atoms with E-state index in [9.17, 15) is 9.59 Å². The number of nitrogens with zero attached hydrogens (tertiary/aromatic N) is 1. The number of hydrogen-bond acceptors (Lipinski definition) is 3. The molecule has 1 fully saturated rings. The highest BCUT2D eigenvalue weighted by Crippen LogP contribution is 2.24. The van der Waals surface area contributed by atoms with Crippen molar-refractivity contribution >= 4 is 23.4 Å². The smallest absolute Gasteiger partial charge is 0.251 e. The van der Waals surface area contributed by atoms with E-state index in [1.807, 2.05) is 18.2 Å². The Kier molecular flexibility index (Phi) is 7.06. The third kappa shape index (κ3) is 5.33. The number of amides is 2. The van der Waals surface area contributed by atoms with Crippen LogP contribution in [0.25, 0.3) is 0 Å². The minimum Gasteiger partial charge on any atom is -0.352 e. The monoisotopic (exact) mass is 399 g/mol. The van der Waals surface area contributed by atoms with Gasteiger partial charge in [0.2, 0.25) is 5.91 Å². The average molecular weight is 400 g/mol. The summed E-state index contributed by atoms with van der Waals surface area (Å²) in [5, 5.41) is 6.31. The molecule has 0 spiro atoms. The largest absolute Gasteiger partial charge is 0.352 e. The van der Waals surface area contributed by atoms with Crippen LogP contribution in [0, 0.1) is 0 Å². The minimum absolute atomic E-state index is 0.145. The predicted molar refractivity (Wildman–Crippen MR) is 111 cm³/mol. The number of hydrogen-bond donors (Lipinski definition) is 2. The molecule has 3 rings (SSSR count). The SMILES string of the molecule is CC(NC(=O)c1ccc(Cl)cc1)C(=O)NCC(c1ccccc1)N1CCCC1. The zero-order chi connectivity index (χ0) is 19.9. The first kappa shape index (κ1) is 20.4. The average Bonchev–Trinajstić information content (AvgIpc) is 3.23. The molecule has 1 saturated heterocycles. The van der Waals surface area contributed by atoms with Gasteiger partial charge in [-0.25, -0.2) is 0 Å². The van der Waals surface area contributed by atoms with Crippen LogP contribution >= 0.6 is 11.6 Å². The molecule has 2 aromatic rings. The lowest BCUT2D eigenvalue weighted by molar-refractivity contribution is -0.122.